The molecule has 1 aromatic heterocycles. The molecule has 0 aliphatic heterocycles. The van der Waals surface area contributed by atoms with Gasteiger partial charge in [-0.05, 0) is 19.1 Å². The first-order valence-electron chi connectivity index (χ1n) is 7.76. The van der Waals surface area contributed by atoms with Crippen molar-refractivity contribution < 1.29 is 9.47 Å². The Balaban J connectivity index is 1.78. The Morgan fingerprint density at radius 2 is 1.84 bits per heavy atom. The molecule has 0 atom stereocenters. The zero-order chi connectivity index (χ0) is 17.6. The molecular weight excluding hydrogens is 334 g/mol. The minimum absolute atomic E-state index is 0.649. The summed E-state index contributed by atoms with van der Waals surface area (Å²) < 4.78 is 10.7. The largest absolute Gasteiger partial charge is 0.493 e. The van der Waals surface area contributed by atoms with Crippen molar-refractivity contribution in [2.45, 2.75) is 6.92 Å². The minimum Gasteiger partial charge on any atom is -0.493 e. The van der Waals surface area contributed by atoms with Gasteiger partial charge in [-0.1, -0.05) is 36.4 Å². The van der Waals surface area contributed by atoms with E-state index in [1.54, 1.807) is 31.8 Å². The summed E-state index contributed by atoms with van der Waals surface area (Å²) in [7, 11) is 3.22. The lowest BCUT2D eigenvalue weighted by atomic mass is 10.1. The summed E-state index contributed by atoms with van der Waals surface area (Å²) in [5, 5.41) is 5.03. The maximum Gasteiger partial charge on any atom is 0.204 e. The van der Waals surface area contributed by atoms with Gasteiger partial charge < -0.3 is 9.47 Å². The molecule has 3 rings (SSSR count). The highest BCUT2D eigenvalue weighted by atomic mass is 32.1. The summed E-state index contributed by atoms with van der Waals surface area (Å²) >= 11 is 1.57. The molecular formula is C19H19N3O2S. The first-order chi connectivity index (χ1) is 12.2. The topological polar surface area (TPSA) is 55.7 Å². The number of ether oxygens (including phenoxy) is 2. The summed E-state index contributed by atoms with van der Waals surface area (Å²) in [5.74, 6) is 1.32. The highest BCUT2D eigenvalue weighted by Gasteiger charge is 2.10. The fourth-order valence-electron chi connectivity index (χ4n) is 2.48. The first-order valence-corrected chi connectivity index (χ1v) is 8.57. The van der Waals surface area contributed by atoms with E-state index in [-0.39, 0.29) is 0 Å². The van der Waals surface area contributed by atoms with Gasteiger partial charge >= 0.3 is 0 Å². The van der Waals surface area contributed by atoms with Crippen LogP contribution in [-0.4, -0.2) is 25.4 Å². The SMILES string of the molecule is COc1cccc(/C=N/Nc2nc(-c3ccccc3)c(C)s2)c1OC. The van der Waals surface area contributed by atoms with E-state index in [0.717, 1.165) is 26.8 Å². The third-order valence-corrected chi connectivity index (χ3v) is 4.52. The van der Waals surface area contributed by atoms with E-state index in [4.69, 9.17) is 9.47 Å². The van der Waals surface area contributed by atoms with Crippen molar-refractivity contribution in [3.05, 3.63) is 59.0 Å². The van der Waals surface area contributed by atoms with Crippen LogP contribution in [0.2, 0.25) is 0 Å². The van der Waals surface area contributed by atoms with Gasteiger partial charge in [-0.25, -0.2) is 4.98 Å². The molecule has 5 nitrogen and oxygen atoms in total. The van der Waals surface area contributed by atoms with Crippen LogP contribution in [0.25, 0.3) is 11.3 Å². The van der Waals surface area contributed by atoms with Gasteiger partial charge in [-0.3, -0.25) is 5.43 Å². The summed E-state index contributed by atoms with van der Waals surface area (Å²) in [4.78, 5) is 5.77. The Labute approximate surface area is 151 Å². The van der Waals surface area contributed by atoms with Gasteiger partial charge in [0.15, 0.2) is 11.5 Å². The van der Waals surface area contributed by atoms with Gasteiger partial charge in [-0.15, -0.1) is 11.3 Å². The quantitative estimate of drug-likeness (QED) is 0.520. The van der Waals surface area contributed by atoms with Crippen LogP contribution in [0, 0.1) is 6.92 Å². The number of anilines is 1. The molecule has 0 saturated carbocycles. The Hall–Kier alpha value is -2.86. The molecule has 6 heteroatoms. The minimum atomic E-state index is 0.649. The fraction of sp³-hybridized carbons (Fsp3) is 0.158. The highest BCUT2D eigenvalue weighted by molar-refractivity contribution is 7.15. The molecule has 0 aliphatic rings. The molecule has 0 aliphatic carbocycles. The molecule has 0 fully saturated rings. The van der Waals surface area contributed by atoms with E-state index in [9.17, 15) is 0 Å². The summed E-state index contributed by atoms with van der Waals surface area (Å²) in [6, 6.07) is 15.8. The van der Waals surface area contributed by atoms with Crippen LogP contribution in [0.1, 0.15) is 10.4 Å². The number of aryl methyl sites for hydroxylation is 1. The molecule has 128 valence electrons. The van der Waals surface area contributed by atoms with Crippen LogP contribution in [0.5, 0.6) is 11.5 Å². The number of thiazole rings is 1. The average molecular weight is 353 g/mol. The third kappa shape index (κ3) is 3.80. The molecule has 0 unspecified atom stereocenters. The van der Waals surface area contributed by atoms with E-state index in [2.05, 4.69) is 34.6 Å². The van der Waals surface area contributed by atoms with Crippen LogP contribution in [0.4, 0.5) is 5.13 Å². The number of rotatable bonds is 6. The number of nitrogens with one attached hydrogen (secondary N) is 1. The normalized spacial score (nSPS) is 10.8. The van der Waals surface area contributed by atoms with Crippen molar-refractivity contribution in [2.24, 2.45) is 5.10 Å². The number of benzene rings is 2. The maximum atomic E-state index is 5.39. The van der Waals surface area contributed by atoms with E-state index in [1.807, 2.05) is 36.4 Å². The predicted molar refractivity (Wildman–Crippen MR) is 103 cm³/mol. The molecule has 2 aromatic carbocycles. The Morgan fingerprint density at radius 1 is 1.04 bits per heavy atom. The van der Waals surface area contributed by atoms with E-state index >= 15 is 0 Å². The number of hydrogen-bond acceptors (Lipinski definition) is 6. The number of nitrogens with zero attached hydrogens (tertiary/aromatic N) is 2. The van der Waals surface area contributed by atoms with Crippen LogP contribution < -0.4 is 14.9 Å². The predicted octanol–water partition coefficient (Wildman–Crippen LogP) is 4.58. The van der Waals surface area contributed by atoms with Gasteiger partial charge in [0.05, 0.1) is 26.1 Å². The smallest absolute Gasteiger partial charge is 0.204 e. The summed E-state index contributed by atoms with van der Waals surface area (Å²) in [5.41, 5.74) is 5.89. The summed E-state index contributed by atoms with van der Waals surface area (Å²) in [6.07, 6.45) is 1.69. The van der Waals surface area contributed by atoms with Crippen molar-refractivity contribution >= 4 is 22.7 Å². The van der Waals surface area contributed by atoms with Crippen molar-refractivity contribution in [3.63, 3.8) is 0 Å². The van der Waals surface area contributed by atoms with Crippen molar-refractivity contribution in [1.82, 2.24) is 4.98 Å². The first kappa shape index (κ1) is 17.0. The molecule has 1 heterocycles. The van der Waals surface area contributed by atoms with E-state index < -0.39 is 0 Å². The molecule has 0 saturated heterocycles. The highest BCUT2D eigenvalue weighted by Crippen LogP contribution is 2.31. The van der Waals surface area contributed by atoms with E-state index in [1.165, 1.54) is 0 Å². The lowest BCUT2D eigenvalue weighted by molar-refractivity contribution is 0.354. The summed E-state index contributed by atoms with van der Waals surface area (Å²) in [6.45, 7) is 2.06. The molecule has 3 aromatic rings. The van der Waals surface area contributed by atoms with Crippen molar-refractivity contribution in [3.8, 4) is 22.8 Å². The second kappa shape index (κ2) is 7.81. The number of aromatic nitrogens is 1. The lowest BCUT2D eigenvalue weighted by Crippen LogP contribution is -1.96. The zero-order valence-electron chi connectivity index (χ0n) is 14.3. The molecule has 1 N–H and O–H groups in total. The number of hydrazone groups is 1. The van der Waals surface area contributed by atoms with Gasteiger partial charge in [0.2, 0.25) is 5.13 Å². The third-order valence-electron chi connectivity index (χ3n) is 3.64. The maximum absolute atomic E-state index is 5.39. The second-order valence-electron chi connectivity index (χ2n) is 5.24. The standard InChI is InChI=1S/C19H19N3O2S/c1-13-17(14-8-5-4-6-9-14)21-19(25-13)22-20-12-15-10-7-11-16(23-2)18(15)24-3/h4-12H,1-3H3,(H,21,22)/b20-12+. The monoisotopic (exact) mass is 353 g/mol. The molecule has 0 amide bonds. The average Bonchev–Trinajstić information content (AvgIpc) is 3.02. The number of para-hydroxylation sites is 1. The van der Waals surface area contributed by atoms with Crippen molar-refractivity contribution in [2.75, 3.05) is 19.6 Å². The van der Waals surface area contributed by atoms with Gasteiger partial charge in [0, 0.05) is 16.0 Å². The fourth-order valence-corrected chi connectivity index (χ4v) is 3.26. The van der Waals surface area contributed by atoms with Crippen LogP contribution >= 0.6 is 11.3 Å². The van der Waals surface area contributed by atoms with Crippen LogP contribution in [0.15, 0.2) is 53.6 Å². The number of methoxy groups -OCH3 is 2. The van der Waals surface area contributed by atoms with E-state index in [0.29, 0.717) is 11.5 Å². The molecule has 0 spiro atoms. The van der Waals surface area contributed by atoms with Gasteiger partial charge in [0.25, 0.3) is 0 Å². The van der Waals surface area contributed by atoms with Crippen LogP contribution in [-0.2, 0) is 0 Å². The Kier molecular flexibility index (Phi) is 5.30. The van der Waals surface area contributed by atoms with Crippen LogP contribution in [0.3, 0.4) is 0 Å². The van der Waals surface area contributed by atoms with Gasteiger partial charge in [0.1, 0.15) is 0 Å². The molecule has 0 radical (unpaired) electrons. The lowest BCUT2D eigenvalue weighted by Gasteiger charge is -2.09. The molecule has 25 heavy (non-hydrogen) atoms. The Bertz CT molecular complexity index is 876. The molecule has 0 bridgehead atoms. The second-order valence-corrected chi connectivity index (χ2v) is 6.45. The number of hydrogen-bond donors (Lipinski definition) is 1. The zero-order valence-corrected chi connectivity index (χ0v) is 15.1. The Morgan fingerprint density at radius 3 is 2.56 bits per heavy atom. The van der Waals surface area contributed by atoms with Crippen molar-refractivity contribution in [1.29, 1.82) is 0 Å². The van der Waals surface area contributed by atoms with Gasteiger partial charge in [-0.2, -0.15) is 5.10 Å².